The summed E-state index contributed by atoms with van der Waals surface area (Å²) in [5, 5.41) is 6.12. The molecule has 20 heavy (non-hydrogen) atoms. The van der Waals surface area contributed by atoms with E-state index in [2.05, 4.69) is 20.2 Å². The molecule has 0 saturated carbocycles. The molecule has 0 radical (unpaired) electrons. The zero-order chi connectivity index (χ0) is 14.6. The highest BCUT2D eigenvalue weighted by Crippen LogP contribution is 1.94. The highest BCUT2D eigenvalue weighted by atomic mass is 16.5. The van der Waals surface area contributed by atoms with E-state index in [1.165, 1.54) is 0 Å². The van der Waals surface area contributed by atoms with Gasteiger partial charge in [-0.2, -0.15) is 0 Å². The van der Waals surface area contributed by atoms with Gasteiger partial charge in [-0.15, -0.1) is 0 Å². The van der Waals surface area contributed by atoms with Crippen LogP contribution in [0.3, 0.4) is 0 Å². The van der Waals surface area contributed by atoms with Gasteiger partial charge in [0.2, 0.25) is 5.91 Å². The maximum absolute atomic E-state index is 11.7. The van der Waals surface area contributed by atoms with Gasteiger partial charge >= 0.3 is 0 Å². The summed E-state index contributed by atoms with van der Waals surface area (Å²) in [6.45, 7) is 5.05. The number of methoxy groups -OCH3 is 1. The van der Waals surface area contributed by atoms with Crippen molar-refractivity contribution in [3.63, 3.8) is 0 Å². The topological polar surface area (TPSA) is 68.2 Å². The molecule has 0 bridgehead atoms. The van der Waals surface area contributed by atoms with Crippen molar-refractivity contribution in [2.45, 2.75) is 38.8 Å². The molecule has 2 N–H and O–H groups in total. The first-order valence-corrected chi connectivity index (χ1v) is 7.20. The molecule has 114 valence electrons. The lowest BCUT2D eigenvalue weighted by atomic mass is 10.2. The first kappa shape index (κ1) is 16.7. The van der Waals surface area contributed by atoms with Gasteiger partial charge in [-0.1, -0.05) is 0 Å². The number of aryl methyl sites for hydroxylation is 1. The standard InChI is InChI=1S/C14H26N4O2/c1-13(14(19)17-7-5-11-20-2)16-6-3-4-9-18-10-8-15-12-18/h8,10,12-13,16H,3-7,9,11H2,1-2H3,(H,17,19). The molecular weight excluding hydrogens is 256 g/mol. The number of nitrogens with one attached hydrogen (secondary N) is 2. The monoisotopic (exact) mass is 282 g/mol. The van der Waals surface area contributed by atoms with Crippen LogP contribution in [-0.4, -0.2) is 48.3 Å². The molecule has 0 spiro atoms. The van der Waals surface area contributed by atoms with Crippen LogP contribution in [0.15, 0.2) is 18.7 Å². The molecule has 1 unspecified atom stereocenters. The molecule has 1 heterocycles. The number of unbranched alkanes of at least 4 members (excludes halogenated alkanes) is 1. The predicted molar refractivity (Wildman–Crippen MR) is 78.4 cm³/mol. The van der Waals surface area contributed by atoms with Gasteiger partial charge in [0.1, 0.15) is 0 Å². The van der Waals surface area contributed by atoms with Crippen molar-refractivity contribution in [2.75, 3.05) is 26.8 Å². The van der Waals surface area contributed by atoms with Crippen molar-refractivity contribution in [3.05, 3.63) is 18.7 Å². The van der Waals surface area contributed by atoms with Crippen LogP contribution >= 0.6 is 0 Å². The van der Waals surface area contributed by atoms with Gasteiger partial charge in [0.25, 0.3) is 0 Å². The number of carbonyl (C=O) groups excluding carboxylic acids is 1. The third-order valence-electron chi connectivity index (χ3n) is 3.07. The lowest BCUT2D eigenvalue weighted by Gasteiger charge is -2.14. The fraction of sp³-hybridized carbons (Fsp3) is 0.714. The van der Waals surface area contributed by atoms with Gasteiger partial charge in [0.05, 0.1) is 12.4 Å². The predicted octanol–water partition coefficient (Wildman–Crippen LogP) is 0.794. The van der Waals surface area contributed by atoms with E-state index in [0.29, 0.717) is 13.2 Å². The number of ether oxygens (including phenoxy) is 1. The Labute approximate surface area is 120 Å². The fourth-order valence-electron chi connectivity index (χ4n) is 1.83. The molecule has 0 aromatic carbocycles. The van der Waals surface area contributed by atoms with Crippen LogP contribution in [0.5, 0.6) is 0 Å². The minimum atomic E-state index is -0.147. The van der Waals surface area contributed by atoms with Crippen molar-refractivity contribution in [3.8, 4) is 0 Å². The Balaban J connectivity index is 1.98. The highest BCUT2D eigenvalue weighted by Gasteiger charge is 2.10. The van der Waals surface area contributed by atoms with E-state index in [1.807, 2.05) is 19.4 Å². The fourth-order valence-corrected chi connectivity index (χ4v) is 1.83. The van der Waals surface area contributed by atoms with Crippen molar-refractivity contribution >= 4 is 5.91 Å². The quantitative estimate of drug-likeness (QED) is 0.589. The van der Waals surface area contributed by atoms with Crippen LogP contribution in [0.1, 0.15) is 26.2 Å². The second-order valence-electron chi connectivity index (χ2n) is 4.82. The molecule has 6 heteroatoms. The second-order valence-corrected chi connectivity index (χ2v) is 4.82. The molecule has 1 atom stereocenters. The highest BCUT2D eigenvalue weighted by molar-refractivity contribution is 5.81. The Kier molecular flexibility index (Phi) is 8.66. The van der Waals surface area contributed by atoms with E-state index in [0.717, 1.165) is 32.4 Å². The Morgan fingerprint density at radius 2 is 2.20 bits per heavy atom. The first-order chi connectivity index (χ1) is 9.74. The minimum absolute atomic E-state index is 0.0516. The van der Waals surface area contributed by atoms with Crippen molar-refractivity contribution in [2.24, 2.45) is 0 Å². The van der Waals surface area contributed by atoms with Gasteiger partial charge < -0.3 is 19.9 Å². The van der Waals surface area contributed by atoms with E-state index in [4.69, 9.17) is 4.74 Å². The summed E-state index contributed by atoms with van der Waals surface area (Å²) in [7, 11) is 1.66. The van der Waals surface area contributed by atoms with Gasteiger partial charge in [0.15, 0.2) is 0 Å². The van der Waals surface area contributed by atoms with Crippen molar-refractivity contribution < 1.29 is 9.53 Å². The van der Waals surface area contributed by atoms with Gasteiger partial charge in [-0.25, -0.2) is 4.98 Å². The summed E-state index contributed by atoms with van der Waals surface area (Å²) in [5.74, 6) is 0.0516. The van der Waals surface area contributed by atoms with Gasteiger partial charge in [-0.3, -0.25) is 4.79 Å². The van der Waals surface area contributed by atoms with E-state index >= 15 is 0 Å². The number of aromatic nitrogens is 2. The van der Waals surface area contributed by atoms with E-state index in [1.54, 1.807) is 13.3 Å². The molecule has 0 aliphatic heterocycles. The number of rotatable bonds is 11. The Morgan fingerprint density at radius 3 is 2.90 bits per heavy atom. The number of hydrogen-bond donors (Lipinski definition) is 2. The number of imidazole rings is 1. The molecule has 0 aliphatic rings. The molecule has 0 aliphatic carbocycles. The van der Waals surface area contributed by atoms with E-state index in [9.17, 15) is 4.79 Å². The van der Waals surface area contributed by atoms with Gasteiger partial charge in [0, 0.05) is 39.2 Å². The molecule has 1 amide bonds. The Hall–Kier alpha value is -1.40. The molecular formula is C14H26N4O2. The Bertz CT molecular complexity index is 354. The van der Waals surface area contributed by atoms with Crippen LogP contribution in [0.4, 0.5) is 0 Å². The van der Waals surface area contributed by atoms with Crippen LogP contribution in [0, 0.1) is 0 Å². The molecule has 1 rings (SSSR count). The summed E-state index contributed by atoms with van der Waals surface area (Å²) in [6, 6.07) is -0.147. The third-order valence-corrected chi connectivity index (χ3v) is 3.07. The largest absolute Gasteiger partial charge is 0.385 e. The second kappa shape index (κ2) is 10.4. The molecule has 1 aromatic heterocycles. The van der Waals surface area contributed by atoms with Crippen LogP contribution in [0.25, 0.3) is 0 Å². The number of amides is 1. The average Bonchev–Trinajstić information content (AvgIpc) is 2.96. The molecule has 0 saturated heterocycles. The normalized spacial score (nSPS) is 12.3. The van der Waals surface area contributed by atoms with Crippen LogP contribution < -0.4 is 10.6 Å². The number of carbonyl (C=O) groups is 1. The SMILES string of the molecule is COCCCNC(=O)C(C)NCCCCn1ccnc1. The number of nitrogens with zero attached hydrogens (tertiary/aromatic N) is 2. The van der Waals surface area contributed by atoms with Crippen molar-refractivity contribution in [1.82, 2.24) is 20.2 Å². The van der Waals surface area contributed by atoms with Crippen LogP contribution in [-0.2, 0) is 16.1 Å². The van der Waals surface area contributed by atoms with Crippen LogP contribution in [0.2, 0.25) is 0 Å². The van der Waals surface area contributed by atoms with E-state index < -0.39 is 0 Å². The number of hydrogen-bond acceptors (Lipinski definition) is 4. The third kappa shape index (κ3) is 7.25. The summed E-state index contributed by atoms with van der Waals surface area (Å²) >= 11 is 0. The summed E-state index contributed by atoms with van der Waals surface area (Å²) < 4.78 is 6.99. The summed E-state index contributed by atoms with van der Waals surface area (Å²) in [5.41, 5.74) is 0. The molecule has 1 aromatic rings. The lowest BCUT2D eigenvalue weighted by molar-refractivity contribution is -0.122. The maximum Gasteiger partial charge on any atom is 0.236 e. The lowest BCUT2D eigenvalue weighted by Crippen LogP contribution is -2.42. The van der Waals surface area contributed by atoms with Crippen molar-refractivity contribution in [1.29, 1.82) is 0 Å². The zero-order valence-corrected chi connectivity index (χ0v) is 12.5. The molecule has 6 nitrogen and oxygen atoms in total. The summed E-state index contributed by atoms with van der Waals surface area (Å²) in [6.07, 6.45) is 8.53. The smallest absolute Gasteiger partial charge is 0.236 e. The summed E-state index contributed by atoms with van der Waals surface area (Å²) in [4.78, 5) is 15.7. The molecule has 0 fully saturated rings. The zero-order valence-electron chi connectivity index (χ0n) is 12.5. The average molecular weight is 282 g/mol. The van der Waals surface area contributed by atoms with Gasteiger partial charge in [-0.05, 0) is 32.7 Å². The first-order valence-electron chi connectivity index (χ1n) is 7.20. The maximum atomic E-state index is 11.7. The minimum Gasteiger partial charge on any atom is -0.385 e. The van der Waals surface area contributed by atoms with E-state index in [-0.39, 0.29) is 11.9 Å². The Morgan fingerprint density at radius 1 is 1.35 bits per heavy atom.